The van der Waals surface area contributed by atoms with Crippen molar-refractivity contribution in [3.8, 4) is 56.4 Å². The highest BCUT2D eigenvalue weighted by Gasteiger charge is 2.22. The Balaban J connectivity index is 0.956. The molecule has 2 heterocycles. The maximum atomic E-state index is 5.13. The van der Waals surface area contributed by atoms with E-state index in [2.05, 4.69) is 121 Å². The van der Waals surface area contributed by atoms with Crippen molar-refractivity contribution in [2.45, 2.75) is 12.5 Å². The number of aliphatic imine (C=N–C) groups is 2. The Labute approximate surface area is 315 Å². The van der Waals surface area contributed by atoms with Gasteiger partial charge in [-0.1, -0.05) is 194 Å². The molecule has 1 unspecified atom stereocenters. The predicted octanol–water partition coefficient (Wildman–Crippen LogP) is 11.6. The lowest BCUT2D eigenvalue weighted by Crippen LogP contribution is -2.17. The molecule has 0 radical (unpaired) electrons. The van der Waals surface area contributed by atoms with Gasteiger partial charge >= 0.3 is 0 Å². The van der Waals surface area contributed by atoms with Gasteiger partial charge in [0.1, 0.15) is 0 Å². The van der Waals surface area contributed by atoms with E-state index in [1.54, 1.807) is 0 Å². The Morgan fingerprint density at radius 1 is 0.315 bits per heavy atom. The Bertz CT molecular complexity index is 2510. The summed E-state index contributed by atoms with van der Waals surface area (Å²) in [5.41, 5.74) is 11.8. The second-order valence-electron chi connectivity index (χ2n) is 13.3. The van der Waals surface area contributed by atoms with Crippen molar-refractivity contribution >= 4 is 11.5 Å². The van der Waals surface area contributed by atoms with E-state index in [-0.39, 0.29) is 6.04 Å². The molecule has 0 saturated heterocycles. The maximum absolute atomic E-state index is 5.13. The fraction of sp³-hybridized carbons (Fsp3) is 0.0408. The Morgan fingerprint density at radius 2 is 0.648 bits per heavy atom. The summed E-state index contributed by atoms with van der Waals surface area (Å²) < 4.78 is 0. The molecule has 256 valence electrons. The number of nitrogens with zero attached hydrogens (tertiary/aromatic N) is 5. The molecule has 0 spiro atoms. The van der Waals surface area contributed by atoms with E-state index in [0.717, 1.165) is 68.0 Å². The Hall–Kier alpha value is -7.11. The summed E-state index contributed by atoms with van der Waals surface area (Å²) in [7, 11) is 0. The summed E-state index contributed by atoms with van der Waals surface area (Å²) in [6, 6.07) is 66.8. The second-order valence-corrected chi connectivity index (χ2v) is 13.3. The molecule has 9 rings (SSSR count). The van der Waals surface area contributed by atoms with Crippen LogP contribution in [0.3, 0.4) is 0 Å². The first-order chi connectivity index (χ1) is 26.7. The lowest BCUT2D eigenvalue weighted by molar-refractivity contribution is 0.753. The third kappa shape index (κ3) is 7.03. The number of hydrogen-bond donors (Lipinski definition) is 0. The van der Waals surface area contributed by atoms with E-state index in [0.29, 0.717) is 17.5 Å². The molecule has 7 aromatic carbocycles. The fourth-order valence-electron chi connectivity index (χ4n) is 6.81. The molecule has 0 fully saturated rings. The highest BCUT2D eigenvalue weighted by molar-refractivity contribution is 6.14. The molecule has 54 heavy (non-hydrogen) atoms. The lowest BCUT2D eigenvalue weighted by Gasteiger charge is -2.21. The van der Waals surface area contributed by atoms with Crippen LogP contribution in [0.25, 0.3) is 56.4 Å². The lowest BCUT2D eigenvalue weighted by atomic mass is 9.95. The van der Waals surface area contributed by atoms with E-state index in [1.165, 1.54) is 5.56 Å². The van der Waals surface area contributed by atoms with E-state index >= 15 is 0 Å². The van der Waals surface area contributed by atoms with Crippen molar-refractivity contribution in [3.05, 3.63) is 211 Å². The predicted molar refractivity (Wildman–Crippen MR) is 220 cm³/mol. The topological polar surface area (TPSA) is 63.4 Å². The molecule has 0 amide bonds. The van der Waals surface area contributed by atoms with Crippen molar-refractivity contribution in [1.82, 2.24) is 15.0 Å². The van der Waals surface area contributed by atoms with E-state index in [9.17, 15) is 0 Å². The third-order valence-electron chi connectivity index (χ3n) is 9.73. The van der Waals surface area contributed by atoms with Crippen LogP contribution in [0, 0.1) is 0 Å². The van der Waals surface area contributed by atoms with Gasteiger partial charge in [-0.3, -0.25) is 4.99 Å². The van der Waals surface area contributed by atoms with Gasteiger partial charge in [0.25, 0.3) is 0 Å². The molecule has 1 aromatic heterocycles. The van der Waals surface area contributed by atoms with Crippen molar-refractivity contribution < 1.29 is 0 Å². The van der Waals surface area contributed by atoms with Crippen LogP contribution >= 0.6 is 0 Å². The molecule has 1 atom stereocenters. The Kier molecular flexibility index (Phi) is 9.02. The first kappa shape index (κ1) is 32.8. The molecular formula is C49H35N5. The normalized spacial score (nSPS) is 13.9. The van der Waals surface area contributed by atoms with Crippen LogP contribution in [0.5, 0.6) is 0 Å². The minimum absolute atomic E-state index is 0.0194. The summed E-state index contributed by atoms with van der Waals surface area (Å²) in [4.78, 5) is 24.8. The highest BCUT2D eigenvalue weighted by atomic mass is 15.0. The van der Waals surface area contributed by atoms with Gasteiger partial charge in [0.15, 0.2) is 23.3 Å². The summed E-state index contributed by atoms with van der Waals surface area (Å²) >= 11 is 0. The third-order valence-corrected chi connectivity index (χ3v) is 9.73. The quantitative estimate of drug-likeness (QED) is 0.159. The SMILES string of the molecule is c1ccc(C2=NC(c3ccc(-c4ccc(-c5ccc(-c6nc(-c7ccccc7)nc(-c7ccccc7)n6)cc5)cc4)cc3)=NC(c3ccccc3)C2)cc1. The molecule has 0 N–H and O–H groups in total. The Morgan fingerprint density at radius 3 is 1.07 bits per heavy atom. The monoisotopic (exact) mass is 693 g/mol. The van der Waals surface area contributed by atoms with Gasteiger partial charge < -0.3 is 0 Å². The minimum atomic E-state index is 0.0194. The number of hydrogen-bond acceptors (Lipinski definition) is 5. The summed E-state index contributed by atoms with van der Waals surface area (Å²) in [5, 5.41) is 0. The highest BCUT2D eigenvalue weighted by Crippen LogP contribution is 2.31. The van der Waals surface area contributed by atoms with Crippen LogP contribution in [-0.4, -0.2) is 26.5 Å². The van der Waals surface area contributed by atoms with Gasteiger partial charge in [-0.2, -0.15) is 0 Å². The first-order valence-corrected chi connectivity index (χ1v) is 18.2. The van der Waals surface area contributed by atoms with E-state index in [4.69, 9.17) is 24.9 Å². The summed E-state index contributed by atoms with van der Waals surface area (Å²) in [5.74, 6) is 2.72. The zero-order valence-corrected chi connectivity index (χ0v) is 29.5. The van der Waals surface area contributed by atoms with Gasteiger partial charge in [-0.05, 0) is 33.4 Å². The minimum Gasteiger partial charge on any atom is -0.258 e. The van der Waals surface area contributed by atoms with Crippen LogP contribution in [0.15, 0.2) is 204 Å². The zero-order chi connectivity index (χ0) is 36.1. The molecule has 1 aliphatic heterocycles. The zero-order valence-electron chi connectivity index (χ0n) is 29.5. The molecule has 0 aliphatic carbocycles. The van der Waals surface area contributed by atoms with Crippen LogP contribution in [0.4, 0.5) is 0 Å². The first-order valence-electron chi connectivity index (χ1n) is 18.2. The smallest absolute Gasteiger partial charge is 0.164 e. The fourth-order valence-corrected chi connectivity index (χ4v) is 6.81. The van der Waals surface area contributed by atoms with E-state index in [1.807, 2.05) is 72.8 Å². The molecular weight excluding hydrogens is 659 g/mol. The molecule has 5 heteroatoms. The number of benzene rings is 7. The standard InChI is InChI=1S/C49H35N5/c1-5-13-38(14-6-1)44-33-45(39-15-7-2-8-16-39)51-46(50-44)42-29-25-36(26-30-42)34-21-23-35(24-22-34)37-27-31-43(32-28-37)49-53-47(40-17-9-3-10-18-40)52-48(54-49)41-19-11-4-12-20-41/h1-32,44H,33H2. The van der Waals surface area contributed by atoms with Gasteiger partial charge in [0.2, 0.25) is 0 Å². The van der Waals surface area contributed by atoms with Crippen molar-refractivity contribution in [3.63, 3.8) is 0 Å². The molecule has 5 nitrogen and oxygen atoms in total. The molecule has 0 saturated carbocycles. The summed E-state index contributed by atoms with van der Waals surface area (Å²) in [6.07, 6.45) is 0.770. The van der Waals surface area contributed by atoms with Gasteiger partial charge in [0, 0.05) is 28.7 Å². The van der Waals surface area contributed by atoms with Crippen LogP contribution in [-0.2, 0) is 0 Å². The van der Waals surface area contributed by atoms with Crippen molar-refractivity contribution in [2.24, 2.45) is 9.98 Å². The number of rotatable bonds is 8. The largest absolute Gasteiger partial charge is 0.258 e. The average Bonchev–Trinajstić information content (AvgIpc) is 3.27. The van der Waals surface area contributed by atoms with Crippen LogP contribution in [0.2, 0.25) is 0 Å². The second kappa shape index (κ2) is 14.9. The number of amidine groups is 1. The van der Waals surface area contributed by atoms with Crippen LogP contribution in [0.1, 0.15) is 29.2 Å². The molecule has 8 aromatic rings. The number of aromatic nitrogens is 3. The van der Waals surface area contributed by atoms with Crippen LogP contribution < -0.4 is 0 Å². The van der Waals surface area contributed by atoms with Crippen molar-refractivity contribution in [2.75, 3.05) is 0 Å². The average molecular weight is 694 g/mol. The van der Waals surface area contributed by atoms with Gasteiger partial charge in [0.05, 0.1) is 11.8 Å². The van der Waals surface area contributed by atoms with Gasteiger partial charge in [-0.25, -0.2) is 19.9 Å². The summed E-state index contributed by atoms with van der Waals surface area (Å²) in [6.45, 7) is 0. The van der Waals surface area contributed by atoms with Gasteiger partial charge in [-0.15, -0.1) is 0 Å². The maximum Gasteiger partial charge on any atom is 0.164 e. The molecule has 1 aliphatic rings. The van der Waals surface area contributed by atoms with Crippen molar-refractivity contribution in [1.29, 1.82) is 0 Å². The molecule has 0 bridgehead atoms. The van der Waals surface area contributed by atoms with E-state index < -0.39 is 0 Å².